The van der Waals surface area contributed by atoms with Crippen LogP contribution in [-0.2, 0) is 28.6 Å². The predicted octanol–water partition coefficient (Wildman–Crippen LogP) is 15.6. The number of hydrogen-bond acceptors (Lipinski definition) is 6. The van der Waals surface area contributed by atoms with Gasteiger partial charge in [0.2, 0.25) is 0 Å². The van der Waals surface area contributed by atoms with Crippen molar-refractivity contribution in [1.82, 2.24) is 0 Å². The molecule has 0 aliphatic rings. The third kappa shape index (κ3) is 45.7. The van der Waals surface area contributed by atoms with Gasteiger partial charge < -0.3 is 23.8 Å². The Morgan fingerprint density at radius 2 is 0.894 bits per heavy atom. The van der Waals surface area contributed by atoms with E-state index in [0.717, 1.165) is 83.5 Å². The molecule has 0 aromatic rings. The van der Waals surface area contributed by atoms with Crippen LogP contribution in [-0.4, -0.2) is 80.6 Å². The Morgan fingerprint density at radius 1 is 0.485 bits per heavy atom. The minimum atomic E-state index is -0.880. The lowest BCUT2D eigenvalue weighted by Crippen LogP contribution is -2.50. The highest BCUT2D eigenvalue weighted by Gasteiger charge is 2.31. The van der Waals surface area contributed by atoms with E-state index in [2.05, 4.69) is 98.9 Å². The van der Waals surface area contributed by atoms with Gasteiger partial charge in [-0.05, 0) is 83.5 Å². The Morgan fingerprint density at radius 3 is 1.35 bits per heavy atom. The molecule has 378 valence electrons. The van der Waals surface area contributed by atoms with Gasteiger partial charge >= 0.3 is 17.9 Å². The molecule has 2 unspecified atom stereocenters. The lowest BCUT2D eigenvalue weighted by Gasteiger charge is -2.31. The summed E-state index contributed by atoms with van der Waals surface area (Å²) in [5, 5.41) is 9.66. The molecule has 8 nitrogen and oxygen atoms in total. The second-order valence-electron chi connectivity index (χ2n) is 18.8. The fraction of sp³-hybridized carbons (Fsp3) is 0.707. The molecule has 0 aromatic heterocycles. The molecule has 2 atom stereocenters. The van der Waals surface area contributed by atoms with Crippen LogP contribution < -0.4 is 0 Å². The van der Waals surface area contributed by atoms with Crippen molar-refractivity contribution in [3.05, 3.63) is 85.1 Å². The number of carbonyl (C=O) groups excluding carboxylic acids is 2. The predicted molar refractivity (Wildman–Crippen MR) is 280 cm³/mol. The summed E-state index contributed by atoms with van der Waals surface area (Å²) in [6.45, 7) is 4.59. The van der Waals surface area contributed by atoms with Crippen molar-refractivity contribution in [3.8, 4) is 0 Å². The molecule has 0 rings (SSSR count). The van der Waals surface area contributed by atoms with E-state index in [1.54, 1.807) is 0 Å². The molecule has 0 aliphatic carbocycles. The van der Waals surface area contributed by atoms with E-state index in [4.69, 9.17) is 14.2 Å². The third-order valence-electron chi connectivity index (χ3n) is 11.6. The average Bonchev–Trinajstić information content (AvgIpc) is 3.28. The van der Waals surface area contributed by atoms with Crippen LogP contribution in [0.1, 0.15) is 213 Å². The van der Waals surface area contributed by atoms with E-state index in [9.17, 15) is 19.5 Å². The lowest BCUT2D eigenvalue weighted by molar-refractivity contribution is -0.887. The molecule has 0 saturated carbocycles. The fourth-order valence-electron chi connectivity index (χ4n) is 7.46. The molecule has 1 N–H and O–H groups in total. The first-order valence-electron chi connectivity index (χ1n) is 26.6. The average molecular weight is 923 g/mol. The number of esters is 2. The smallest absolute Gasteiger partial charge is 0.362 e. The summed E-state index contributed by atoms with van der Waals surface area (Å²) in [4.78, 5) is 37.2. The van der Waals surface area contributed by atoms with Crippen molar-refractivity contribution in [2.45, 2.75) is 225 Å². The number of nitrogens with zero attached hydrogens (tertiary/aromatic N) is 1. The maximum atomic E-state index is 12.8. The molecule has 0 fully saturated rings. The van der Waals surface area contributed by atoms with E-state index in [1.165, 1.54) is 96.3 Å². The van der Waals surface area contributed by atoms with Gasteiger partial charge in [0.25, 0.3) is 0 Å². The normalized spacial score (nSPS) is 13.5. The van der Waals surface area contributed by atoms with E-state index >= 15 is 0 Å². The summed E-state index contributed by atoms with van der Waals surface area (Å²) in [5.41, 5.74) is 0. The van der Waals surface area contributed by atoms with Crippen LogP contribution in [0.5, 0.6) is 0 Å². The topological polar surface area (TPSA) is 99.1 Å². The Labute approximate surface area is 405 Å². The van der Waals surface area contributed by atoms with Crippen LogP contribution in [0.25, 0.3) is 0 Å². The summed E-state index contributed by atoms with van der Waals surface area (Å²) in [5.74, 6) is -1.49. The number of hydrogen-bond donors (Lipinski definition) is 1. The molecule has 0 bridgehead atoms. The van der Waals surface area contributed by atoms with Gasteiger partial charge in [0, 0.05) is 19.3 Å². The number of allylic oxidation sites excluding steroid dienone is 14. The largest absolute Gasteiger partial charge is 0.477 e. The number of aliphatic carboxylic acids is 1. The monoisotopic (exact) mass is 923 g/mol. The second kappa shape index (κ2) is 48.0. The quantitative estimate of drug-likeness (QED) is 0.0213. The summed E-state index contributed by atoms with van der Waals surface area (Å²) < 4.78 is 17.4. The van der Waals surface area contributed by atoms with Crippen molar-refractivity contribution in [1.29, 1.82) is 0 Å². The number of likely N-dealkylation sites (N-methyl/N-ethyl adjacent to an activating group) is 1. The second-order valence-corrected chi connectivity index (χ2v) is 18.8. The third-order valence-corrected chi connectivity index (χ3v) is 11.6. The first kappa shape index (κ1) is 62.5. The Kier molecular flexibility index (Phi) is 45.4. The van der Waals surface area contributed by atoms with Crippen LogP contribution in [0.3, 0.4) is 0 Å². The fourth-order valence-corrected chi connectivity index (χ4v) is 7.46. The summed E-state index contributed by atoms with van der Waals surface area (Å²) >= 11 is 0. The highest BCUT2D eigenvalue weighted by atomic mass is 16.6. The zero-order chi connectivity index (χ0) is 48.4. The van der Waals surface area contributed by atoms with E-state index in [-0.39, 0.29) is 36.2 Å². The minimum Gasteiger partial charge on any atom is -0.477 e. The molecular formula is C58H100NO7+. The van der Waals surface area contributed by atoms with Gasteiger partial charge in [0.05, 0.1) is 34.4 Å². The van der Waals surface area contributed by atoms with E-state index in [0.29, 0.717) is 19.3 Å². The van der Waals surface area contributed by atoms with Crippen molar-refractivity contribution in [2.75, 3.05) is 41.0 Å². The number of carboxylic acids is 1. The Hall–Kier alpha value is -3.49. The number of carboxylic acid groups (broad SMARTS) is 1. The van der Waals surface area contributed by atoms with Gasteiger partial charge in [-0.2, -0.15) is 0 Å². The molecule has 0 radical (unpaired) electrons. The number of carbonyl (C=O) groups is 3. The molecule has 8 heteroatoms. The van der Waals surface area contributed by atoms with Crippen LogP contribution in [0.2, 0.25) is 0 Å². The molecule has 0 aliphatic heterocycles. The van der Waals surface area contributed by atoms with Gasteiger partial charge in [-0.15, -0.1) is 0 Å². The maximum absolute atomic E-state index is 12.8. The lowest BCUT2D eigenvalue weighted by atomic mass is 10.1. The number of ether oxygens (including phenoxy) is 3. The molecule has 0 saturated heterocycles. The minimum absolute atomic E-state index is 0.0499. The van der Waals surface area contributed by atoms with Crippen molar-refractivity contribution >= 4 is 17.9 Å². The van der Waals surface area contributed by atoms with Gasteiger partial charge in [-0.3, -0.25) is 9.59 Å². The molecule has 0 spiro atoms. The zero-order valence-corrected chi connectivity index (χ0v) is 43.1. The molecule has 66 heavy (non-hydrogen) atoms. The molecule has 0 amide bonds. The van der Waals surface area contributed by atoms with E-state index < -0.39 is 18.1 Å². The van der Waals surface area contributed by atoms with E-state index in [1.807, 2.05) is 21.1 Å². The number of rotatable bonds is 47. The van der Waals surface area contributed by atoms with Gasteiger partial charge in [-0.1, -0.05) is 195 Å². The van der Waals surface area contributed by atoms with Gasteiger partial charge in [0.1, 0.15) is 6.61 Å². The summed E-state index contributed by atoms with van der Waals surface area (Å²) in [7, 11) is 5.53. The van der Waals surface area contributed by atoms with Crippen LogP contribution >= 0.6 is 0 Å². The maximum Gasteiger partial charge on any atom is 0.362 e. The Balaban J connectivity index is 4.28. The van der Waals surface area contributed by atoms with Crippen molar-refractivity contribution in [3.63, 3.8) is 0 Å². The summed E-state index contributed by atoms with van der Waals surface area (Å²) in [6.07, 6.45) is 63.4. The van der Waals surface area contributed by atoms with Gasteiger partial charge in [0.15, 0.2) is 12.1 Å². The first-order valence-corrected chi connectivity index (χ1v) is 26.6. The Bertz CT molecular complexity index is 1350. The van der Waals surface area contributed by atoms with Gasteiger partial charge in [-0.25, -0.2) is 4.79 Å². The standard InChI is InChI=1S/C58H99NO7/c1-6-8-10-12-14-16-18-20-22-24-26-28-29-31-33-35-37-39-41-43-45-47-49-57(61)66-54(52-64-51-50-55(58(62)63)59(3,4)5)53-65-56(60)48-46-44-42-40-38-36-34-32-30-27-25-23-21-19-17-15-13-11-9-7-2/h8,10,14,16-17,19-23,26,28,31,33,54-55H,6-7,9,11-13,15,18,24-25,27,29-30,32,34-53H2,1-5H3/p+1/b10-8+,16-14+,19-17+,22-20+,23-21+,28-26+,33-31+. The molecule has 0 heterocycles. The highest BCUT2D eigenvalue weighted by Crippen LogP contribution is 2.15. The van der Waals surface area contributed by atoms with Crippen LogP contribution in [0, 0.1) is 0 Å². The van der Waals surface area contributed by atoms with Crippen LogP contribution in [0.4, 0.5) is 0 Å². The van der Waals surface area contributed by atoms with Crippen LogP contribution in [0.15, 0.2) is 85.1 Å². The zero-order valence-electron chi connectivity index (χ0n) is 43.1. The van der Waals surface area contributed by atoms with Crippen molar-refractivity contribution < 1.29 is 38.2 Å². The first-order chi connectivity index (χ1) is 32.1. The number of quaternary nitrogens is 1. The SMILES string of the molecule is CC/C=C/C/C=C/C/C=C/C/C=C/C/C=C/CCCCCCCCC(=O)OC(COCCC(C(=O)O)[N+](C)(C)C)COC(=O)CCCCCCCCCCCC/C=C/C=C/CCCCCC. The molecule has 0 aromatic carbocycles. The summed E-state index contributed by atoms with van der Waals surface area (Å²) in [6, 6.07) is -0.623. The highest BCUT2D eigenvalue weighted by molar-refractivity contribution is 5.72. The van der Waals surface area contributed by atoms with Crippen molar-refractivity contribution in [2.24, 2.45) is 0 Å². The molecular weight excluding hydrogens is 823 g/mol. The number of unbranched alkanes of at least 4 members (excludes halogenated alkanes) is 20.